The maximum Gasteiger partial charge on any atom is 0.259 e. The minimum Gasteiger partial charge on any atom is -0.493 e. The first-order valence-electron chi connectivity index (χ1n) is 7.96. The molecule has 0 atom stereocenters. The zero-order valence-electron chi connectivity index (χ0n) is 13.4. The average molecular weight is 309 g/mol. The van der Waals surface area contributed by atoms with Crippen molar-refractivity contribution in [3.8, 4) is 11.5 Å². The van der Waals surface area contributed by atoms with E-state index in [1.165, 1.54) is 0 Å². The Labute approximate surface area is 135 Å². The summed E-state index contributed by atoms with van der Waals surface area (Å²) < 4.78 is 11.4. The van der Waals surface area contributed by atoms with Gasteiger partial charge in [0.2, 0.25) is 0 Å². The molecule has 1 amide bonds. The molecule has 4 heteroatoms. The maximum atomic E-state index is 13.0. The summed E-state index contributed by atoms with van der Waals surface area (Å²) in [5, 5.41) is 3.05. The summed E-state index contributed by atoms with van der Waals surface area (Å²) in [5.74, 6) is 1.46. The molecule has 118 valence electrons. The third kappa shape index (κ3) is 2.34. The van der Waals surface area contributed by atoms with Gasteiger partial charge in [-0.2, -0.15) is 0 Å². The van der Waals surface area contributed by atoms with E-state index < -0.39 is 0 Å². The highest BCUT2D eigenvalue weighted by atomic mass is 16.5. The second-order valence-corrected chi connectivity index (χ2v) is 6.19. The minimum absolute atomic E-state index is 0.112. The van der Waals surface area contributed by atoms with Gasteiger partial charge in [0.1, 0.15) is 11.5 Å². The summed E-state index contributed by atoms with van der Waals surface area (Å²) in [6, 6.07) is 8.08. The first-order valence-corrected chi connectivity index (χ1v) is 7.96. The number of aryl methyl sites for hydroxylation is 2. The molecule has 2 aromatic carbocycles. The lowest BCUT2D eigenvalue weighted by Gasteiger charge is -2.14. The van der Waals surface area contributed by atoms with Gasteiger partial charge in [-0.15, -0.1) is 0 Å². The number of hydrogen-bond acceptors (Lipinski definition) is 3. The van der Waals surface area contributed by atoms with Gasteiger partial charge in [-0.3, -0.25) is 4.79 Å². The molecular weight excluding hydrogens is 290 g/mol. The lowest BCUT2D eigenvalue weighted by Crippen LogP contribution is -2.16. The third-order valence-corrected chi connectivity index (χ3v) is 4.52. The molecule has 0 saturated carbocycles. The lowest BCUT2D eigenvalue weighted by atomic mass is 9.98. The van der Waals surface area contributed by atoms with Gasteiger partial charge >= 0.3 is 0 Å². The zero-order chi connectivity index (χ0) is 16.0. The van der Waals surface area contributed by atoms with Crippen molar-refractivity contribution in [1.29, 1.82) is 0 Å². The van der Waals surface area contributed by atoms with Gasteiger partial charge in [-0.25, -0.2) is 0 Å². The average Bonchev–Trinajstić information content (AvgIpc) is 3.16. The van der Waals surface area contributed by atoms with Gasteiger partial charge in [0.05, 0.1) is 18.8 Å². The SMILES string of the molecule is Cc1ccc(C)c(NC(=O)c2c3c(cc4c2OCC4)OCC3)c1. The van der Waals surface area contributed by atoms with Crippen LogP contribution in [0.25, 0.3) is 0 Å². The van der Waals surface area contributed by atoms with E-state index in [0.29, 0.717) is 18.8 Å². The van der Waals surface area contributed by atoms with E-state index in [2.05, 4.69) is 5.32 Å². The number of amides is 1. The van der Waals surface area contributed by atoms with Crippen LogP contribution in [0.1, 0.15) is 32.6 Å². The Morgan fingerprint density at radius 1 is 1.09 bits per heavy atom. The fourth-order valence-electron chi connectivity index (χ4n) is 3.28. The first-order chi connectivity index (χ1) is 11.1. The van der Waals surface area contributed by atoms with Crippen molar-refractivity contribution in [2.75, 3.05) is 18.5 Å². The molecule has 0 aromatic heterocycles. The van der Waals surface area contributed by atoms with Crippen molar-refractivity contribution in [3.63, 3.8) is 0 Å². The quantitative estimate of drug-likeness (QED) is 0.924. The van der Waals surface area contributed by atoms with Gasteiger partial charge < -0.3 is 14.8 Å². The van der Waals surface area contributed by atoms with Crippen LogP contribution in [-0.2, 0) is 12.8 Å². The van der Waals surface area contributed by atoms with E-state index in [-0.39, 0.29) is 5.91 Å². The van der Waals surface area contributed by atoms with Crippen molar-refractivity contribution < 1.29 is 14.3 Å². The molecule has 2 aromatic rings. The lowest BCUT2D eigenvalue weighted by molar-refractivity contribution is 0.102. The number of carbonyl (C=O) groups excluding carboxylic acids is 1. The standard InChI is InChI=1S/C19H19NO3/c1-11-3-4-12(2)15(9-11)20-19(21)17-14-6-8-22-16(14)10-13-5-7-23-18(13)17/h3-4,9-10H,5-8H2,1-2H3,(H,20,21). The molecule has 0 spiro atoms. The highest BCUT2D eigenvalue weighted by molar-refractivity contribution is 6.08. The molecule has 0 radical (unpaired) electrons. The van der Waals surface area contributed by atoms with Crippen LogP contribution in [0, 0.1) is 13.8 Å². The largest absolute Gasteiger partial charge is 0.493 e. The first kappa shape index (κ1) is 14.1. The number of benzene rings is 2. The smallest absolute Gasteiger partial charge is 0.259 e. The Kier molecular flexibility index (Phi) is 3.26. The summed E-state index contributed by atoms with van der Waals surface area (Å²) in [7, 11) is 0. The van der Waals surface area contributed by atoms with Crippen LogP contribution < -0.4 is 14.8 Å². The van der Waals surface area contributed by atoms with E-state index in [1.54, 1.807) is 0 Å². The molecule has 2 heterocycles. The summed E-state index contributed by atoms with van der Waals surface area (Å²) in [4.78, 5) is 13.0. The Morgan fingerprint density at radius 2 is 1.91 bits per heavy atom. The van der Waals surface area contributed by atoms with Crippen molar-refractivity contribution >= 4 is 11.6 Å². The molecule has 0 fully saturated rings. The predicted octanol–water partition coefficient (Wildman–Crippen LogP) is 3.43. The summed E-state index contributed by atoms with van der Waals surface area (Å²) >= 11 is 0. The van der Waals surface area contributed by atoms with Crippen LogP contribution in [0.3, 0.4) is 0 Å². The van der Waals surface area contributed by atoms with Crippen LogP contribution in [0.5, 0.6) is 11.5 Å². The highest BCUT2D eigenvalue weighted by Gasteiger charge is 2.30. The van der Waals surface area contributed by atoms with Crippen LogP contribution in [0.15, 0.2) is 24.3 Å². The third-order valence-electron chi connectivity index (χ3n) is 4.52. The number of carbonyl (C=O) groups is 1. The fraction of sp³-hybridized carbons (Fsp3) is 0.316. The summed E-state index contributed by atoms with van der Waals surface area (Å²) in [6.07, 6.45) is 1.58. The Bertz CT molecular complexity index is 778. The Morgan fingerprint density at radius 3 is 2.78 bits per heavy atom. The van der Waals surface area contributed by atoms with Crippen LogP contribution in [0.4, 0.5) is 5.69 Å². The van der Waals surface area contributed by atoms with E-state index in [9.17, 15) is 4.79 Å². The molecule has 2 aliphatic heterocycles. The number of hydrogen-bond donors (Lipinski definition) is 1. The Balaban J connectivity index is 1.76. The van der Waals surface area contributed by atoms with Crippen LogP contribution >= 0.6 is 0 Å². The van der Waals surface area contributed by atoms with Crippen molar-refractivity contribution in [2.45, 2.75) is 26.7 Å². The van der Waals surface area contributed by atoms with Crippen molar-refractivity contribution in [2.24, 2.45) is 0 Å². The second-order valence-electron chi connectivity index (χ2n) is 6.19. The van der Waals surface area contributed by atoms with Crippen molar-refractivity contribution in [1.82, 2.24) is 0 Å². The monoisotopic (exact) mass is 309 g/mol. The van der Waals surface area contributed by atoms with Gasteiger partial charge in [0.15, 0.2) is 0 Å². The molecule has 23 heavy (non-hydrogen) atoms. The van der Waals surface area contributed by atoms with E-state index in [4.69, 9.17) is 9.47 Å². The molecule has 4 rings (SSSR count). The van der Waals surface area contributed by atoms with Crippen LogP contribution in [0.2, 0.25) is 0 Å². The highest BCUT2D eigenvalue weighted by Crippen LogP contribution is 2.40. The molecule has 2 aliphatic rings. The minimum atomic E-state index is -0.112. The van der Waals surface area contributed by atoms with Crippen molar-refractivity contribution in [3.05, 3.63) is 52.1 Å². The predicted molar refractivity (Wildman–Crippen MR) is 88.7 cm³/mol. The Hall–Kier alpha value is -2.49. The number of fused-ring (bicyclic) bond motifs is 2. The molecule has 0 unspecified atom stereocenters. The summed E-state index contributed by atoms with van der Waals surface area (Å²) in [6.45, 7) is 5.27. The molecule has 0 saturated heterocycles. The number of nitrogens with one attached hydrogen (secondary N) is 1. The molecule has 0 aliphatic carbocycles. The number of rotatable bonds is 2. The topological polar surface area (TPSA) is 47.6 Å². The van der Waals surface area contributed by atoms with E-state index >= 15 is 0 Å². The van der Waals surface area contributed by atoms with E-state index in [0.717, 1.165) is 52.3 Å². The second kappa shape index (κ2) is 5.30. The maximum absolute atomic E-state index is 13.0. The summed E-state index contributed by atoms with van der Waals surface area (Å²) in [5.41, 5.74) is 5.69. The molecule has 4 nitrogen and oxygen atoms in total. The number of anilines is 1. The normalized spacial score (nSPS) is 14.7. The fourth-order valence-corrected chi connectivity index (χ4v) is 3.28. The molecular formula is C19H19NO3. The van der Waals surface area contributed by atoms with Gasteiger partial charge in [0, 0.05) is 29.7 Å². The van der Waals surface area contributed by atoms with Crippen LogP contribution in [-0.4, -0.2) is 19.1 Å². The molecule has 1 N–H and O–H groups in total. The number of ether oxygens (including phenoxy) is 2. The zero-order valence-corrected chi connectivity index (χ0v) is 13.4. The van der Waals surface area contributed by atoms with Gasteiger partial charge in [-0.1, -0.05) is 12.1 Å². The van der Waals surface area contributed by atoms with E-state index in [1.807, 2.05) is 38.1 Å². The van der Waals surface area contributed by atoms with Gasteiger partial charge in [0.25, 0.3) is 5.91 Å². The van der Waals surface area contributed by atoms with Gasteiger partial charge in [-0.05, 0) is 37.1 Å². The molecule has 0 bridgehead atoms.